The van der Waals surface area contributed by atoms with Crippen molar-refractivity contribution in [1.29, 1.82) is 0 Å². The van der Waals surface area contributed by atoms with Gasteiger partial charge in [-0.25, -0.2) is 4.98 Å². The molecule has 0 radical (unpaired) electrons. The number of rotatable bonds is 5. The third-order valence-corrected chi connectivity index (χ3v) is 2.26. The number of carbonyl (C=O) groups excluding carboxylic acids is 1. The molecule has 1 N–H and O–H groups in total. The maximum absolute atomic E-state index is 11.6. The quantitative estimate of drug-likeness (QED) is 0.805. The molecule has 16 heavy (non-hydrogen) atoms. The topological polar surface area (TPSA) is 54.9 Å². The van der Waals surface area contributed by atoms with Gasteiger partial charge in [-0.1, -0.05) is 25.4 Å². The molecule has 88 valence electrons. The first-order chi connectivity index (χ1) is 7.59. The zero-order valence-electron chi connectivity index (χ0n) is 9.53. The summed E-state index contributed by atoms with van der Waals surface area (Å²) in [6.45, 7) is 4.97. The SMILES string of the molecule is CC(C)CCCNC(=O)c1cncc(Cl)n1. The number of nitrogens with one attached hydrogen (secondary N) is 1. The second-order valence-corrected chi connectivity index (χ2v) is 4.41. The van der Waals surface area contributed by atoms with E-state index >= 15 is 0 Å². The van der Waals surface area contributed by atoms with Crippen LogP contribution in [0.1, 0.15) is 37.2 Å². The Morgan fingerprint density at radius 1 is 1.50 bits per heavy atom. The highest BCUT2D eigenvalue weighted by atomic mass is 35.5. The summed E-state index contributed by atoms with van der Waals surface area (Å²) in [5.74, 6) is 0.432. The third kappa shape index (κ3) is 4.57. The highest BCUT2D eigenvalue weighted by Gasteiger charge is 2.07. The van der Waals surface area contributed by atoms with Crippen LogP contribution in [0.3, 0.4) is 0 Å². The molecule has 0 aliphatic heterocycles. The van der Waals surface area contributed by atoms with Crippen molar-refractivity contribution in [3.8, 4) is 0 Å². The van der Waals surface area contributed by atoms with E-state index in [0.717, 1.165) is 12.8 Å². The van der Waals surface area contributed by atoms with Crippen LogP contribution in [0.4, 0.5) is 0 Å². The van der Waals surface area contributed by atoms with Crippen LogP contribution in [0.25, 0.3) is 0 Å². The normalized spacial score (nSPS) is 10.5. The van der Waals surface area contributed by atoms with E-state index in [4.69, 9.17) is 11.6 Å². The number of hydrogen-bond acceptors (Lipinski definition) is 3. The largest absolute Gasteiger partial charge is 0.351 e. The summed E-state index contributed by atoms with van der Waals surface area (Å²) in [4.78, 5) is 19.3. The standard InChI is InChI=1S/C11H16ClN3O/c1-8(2)4-3-5-14-11(16)9-6-13-7-10(12)15-9/h6-8H,3-5H2,1-2H3,(H,14,16). The Hall–Kier alpha value is -1.16. The maximum Gasteiger partial charge on any atom is 0.271 e. The van der Waals surface area contributed by atoms with Crippen LogP contribution in [0.15, 0.2) is 12.4 Å². The van der Waals surface area contributed by atoms with Gasteiger partial charge in [0.1, 0.15) is 10.8 Å². The zero-order valence-corrected chi connectivity index (χ0v) is 10.3. The van der Waals surface area contributed by atoms with Crippen molar-refractivity contribution in [2.24, 2.45) is 5.92 Å². The second kappa shape index (κ2) is 6.43. The predicted molar refractivity (Wildman–Crippen MR) is 63.4 cm³/mol. The van der Waals surface area contributed by atoms with Crippen molar-refractivity contribution in [2.45, 2.75) is 26.7 Å². The summed E-state index contributed by atoms with van der Waals surface area (Å²) in [5, 5.41) is 3.01. The molecule has 0 aromatic carbocycles. The van der Waals surface area contributed by atoms with E-state index in [-0.39, 0.29) is 16.8 Å². The van der Waals surface area contributed by atoms with Gasteiger partial charge in [-0.05, 0) is 18.8 Å². The molecule has 0 spiro atoms. The van der Waals surface area contributed by atoms with E-state index in [9.17, 15) is 4.79 Å². The Labute approximate surface area is 100 Å². The van der Waals surface area contributed by atoms with Gasteiger partial charge in [0.2, 0.25) is 0 Å². The van der Waals surface area contributed by atoms with Gasteiger partial charge >= 0.3 is 0 Å². The molecule has 0 unspecified atom stereocenters. The molecule has 1 heterocycles. The predicted octanol–water partition coefficient (Wildman–Crippen LogP) is 2.30. The Morgan fingerprint density at radius 3 is 2.88 bits per heavy atom. The average molecular weight is 242 g/mol. The molecule has 1 aromatic heterocycles. The van der Waals surface area contributed by atoms with Crippen LogP contribution >= 0.6 is 11.6 Å². The molecule has 0 saturated carbocycles. The fourth-order valence-corrected chi connectivity index (χ4v) is 1.40. The van der Waals surface area contributed by atoms with Crippen LogP contribution in [0.5, 0.6) is 0 Å². The Morgan fingerprint density at radius 2 is 2.25 bits per heavy atom. The molecule has 1 amide bonds. The Balaban J connectivity index is 2.35. The number of amides is 1. The molecule has 0 aliphatic carbocycles. The molecule has 0 bridgehead atoms. The van der Waals surface area contributed by atoms with E-state index in [0.29, 0.717) is 12.5 Å². The highest BCUT2D eigenvalue weighted by Crippen LogP contribution is 2.04. The van der Waals surface area contributed by atoms with Gasteiger partial charge in [0.15, 0.2) is 0 Å². The van der Waals surface area contributed by atoms with Gasteiger partial charge in [-0.2, -0.15) is 0 Å². The van der Waals surface area contributed by atoms with Crippen LogP contribution in [-0.2, 0) is 0 Å². The van der Waals surface area contributed by atoms with Gasteiger partial charge in [-0.3, -0.25) is 9.78 Å². The maximum atomic E-state index is 11.6. The van der Waals surface area contributed by atoms with E-state index < -0.39 is 0 Å². The minimum absolute atomic E-state index is 0.223. The molecule has 5 heteroatoms. The fourth-order valence-electron chi connectivity index (χ4n) is 1.25. The Kier molecular flexibility index (Phi) is 5.19. The molecule has 0 saturated heterocycles. The van der Waals surface area contributed by atoms with Gasteiger partial charge in [0.05, 0.1) is 12.4 Å². The van der Waals surface area contributed by atoms with E-state index in [2.05, 4.69) is 29.1 Å². The number of carbonyl (C=O) groups is 1. The van der Waals surface area contributed by atoms with Crippen molar-refractivity contribution in [3.05, 3.63) is 23.2 Å². The lowest BCUT2D eigenvalue weighted by atomic mass is 10.1. The van der Waals surface area contributed by atoms with Gasteiger partial charge in [0.25, 0.3) is 5.91 Å². The lowest BCUT2D eigenvalue weighted by Gasteiger charge is -2.06. The van der Waals surface area contributed by atoms with E-state index in [1.54, 1.807) is 0 Å². The van der Waals surface area contributed by atoms with Crippen molar-refractivity contribution in [3.63, 3.8) is 0 Å². The second-order valence-electron chi connectivity index (χ2n) is 4.02. The summed E-state index contributed by atoms with van der Waals surface area (Å²) in [5.41, 5.74) is 0.261. The van der Waals surface area contributed by atoms with Crippen molar-refractivity contribution in [2.75, 3.05) is 6.54 Å². The Bertz CT molecular complexity index is 355. The summed E-state index contributed by atoms with van der Waals surface area (Å²) in [7, 11) is 0. The summed E-state index contributed by atoms with van der Waals surface area (Å²) in [6.07, 6.45) is 4.87. The number of nitrogens with zero attached hydrogens (tertiary/aromatic N) is 2. The van der Waals surface area contributed by atoms with E-state index in [1.165, 1.54) is 12.4 Å². The first-order valence-electron chi connectivity index (χ1n) is 5.35. The first kappa shape index (κ1) is 12.9. The molecule has 4 nitrogen and oxygen atoms in total. The van der Waals surface area contributed by atoms with Crippen molar-refractivity contribution < 1.29 is 4.79 Å². The molecule has 0 aliphatic rings. The minimum atomic E-state index is -0.223. The highest BCUT2D eigenvalue weighted by molar-refractivity contribution is 6.29. The van der Waals surface area contributed by atoms with Crippen molar-refractivity contribution in [1.82, 2.24) is 15.3 Å². The first-order valence-corrected chi connectivity index (χ1v) is 5.73. The van der Waals surface area contributed by atoms with Crippen molar-refractivity contribution >= 4 is 17.5 Å². The van der Waals surface area contributed by atoms with Gasteiger partial charge < -0.3 is 5.32 Å². The molecular formula is C11H16ClN3O. The van der Waals surface area contributed by atoms with Gasteiger partial charge in [0, 0.05) is 6.54 Å². The molecular weight excluding hydrogens is 226 g/mol. The van der Waals surface area contributed by atoms with Crippen LogP contribution < -0.4 is 5.32 Å². The number of aromatic nitrogens is 2. The van der Waals surface area contributed by atoms with Crippen LogP contribution in [-0.4, -0.2) is 22.4 Å². The summed E-state index contributed by atoms with van der Waals surface area (Å²) < 4.78 is 0. The molecule has 1 aromatic rings. The smallest absolute Gasteiger partial charge is 0.271 e. The summed E-state index contributed by atoms with van der Waals surface area (Å²) >= 11 is 5.64. The number of halogens is 1. The fraction of sp³-hybridized carbons (Fsp3) is 0.545. The molecule has 0 atom stereocenters. The number of hydrogen-bond donors (Lipinski definition) is 1. The van der Waals surface area contributed by atoms with Crippen LogP contribution in [0, 0.1) is 5.92 Å². The summed E-state index contributed by atoms with van der Waals surface area (Å²) in [6, 6.07) is 0. The van der Waals surface area contributed by atoms with E-state index in [1.807, 2.05) is 0 Å². The minimum Gasteiger partial charge on any atom is -0.351 e. The lowest BCUT2D eigenvalue weighted by Crippen LogP contribution is -2.25. The third-order valence-electron chi connectivity index (χ3n) is 2.08. The molecule has 1 rings (SSSR count). The monoisotopic (exact) mass is 241 g/mol. The zero-order chi connectivity index (χ0) is 12.0. The average Bonchev–Trinajstić information content (AvgIpc) is 2.24. The van der Waals surface area contributed by atoms with Gasteiger partial charge in [-0.15, -0.1) is 0 Å². The molecule has 0 fully saturated rings. The van der Waals surface area contributed by atoms with Crippen LogP contribution in [0.2, 0.25) is 5.15 Å². The lowest BCUT2D eigenvalue weighted by molar-refractivity contribution is 0.0947.